The lowest BCUT2D eigenvalue weighted by Crippen LogP contribution is -1.96. The molecule has 0 atom stereocenters. The van der Waals surface area contributed by atoms with Crippen molar-refractivity contribution in [3.63, 3.8) is 0 Å². The third-order valence-corrected chi connectivity index (χ3v) is 4.42. The van der Waals surface area contributed by atoms with E-state index in [2.05, 4.69) is 18.0 Å². The lowest BCUT2D eigenvalue weighted by Gasteiger charge is -2.06. The summed E-state index contributed by atoms with van der Waals surface area (Å²) in [7, 11) is 0. The Labute approximate surface area is 142 Å². The highest BCUT2D eigenvalue weighted by Crippen LogP contribution is 2.22. The summed E-state index contributed by atoms with van der Waals surface area (Å²) in [6.45, 7) is 4.90. The first-order chi connectivity index (χ1) is 11.2. The number of benzene rings is 1. The van der Waals surface area contributed by atoms with Crippen molar-refractivity contribution in [2.45, 2.75) is 39.5 Å². The van der Waals surface area contributed by atoms with Crippen LogP contribution in [0, 0.1) is 18.3 Å². The molecule has 0 saturated carbocycles. The standard InChI is InChI=1S/C19H22N2OS/c1-3-4-5-6-11-22-18-9-7-16(8-10-18)12-17(13-20)19-21-15(2)14-23-19/h7-10,12,14H,3-6,11H2,1-2H3/b17-12-. The number of hydrogen-bond acceptors (Lipinski definition) is 4. The Morgan fingerprint density at radius 1 is 1.26 bits per heavy atom. The highest BCUT2D eigenvalue weighted by molar-refractivity contribution is 7.11. The van der Waals surface area contributed by atoms with E-state index in [4.69, 9.17) is 4.74 Å². The minimum atomic E-state index is 0.594. The van der Waals surface area contributed by atoms with Gasteiger partial charge in [-0.05, 0) is 37.1 Å². The van der Waals surface area contributed by atoms with Gasteiger partial charge in [0, 0.05) is 11.1 Å². The molecule has 0 radical (unpaired) electrons. The molecule has 0 unspecified atom stereocenters. The Hall–Kier alpha value is -2.12. The van der Waals surface area contributed by atoms with Crippen molar-refractivity contribution in [3.8, 4) is 11.8 Å². The number of aromatic nitrogens is 1. The first kappa shape index (κ1) is 17.2. The van der Waals surface area contributed by atoms with E-state index in [9.17, 15) is 5.26 Å². The molecule has 0 saturated heterocycles. The van der Waals surface area contributed by atoms with Gasteiger partial charge in [-0.2, -0.15) is 5.26 Å². The monoisotopic (exact) mass is 326 g/mol. The molecule has 0 N–H and O–H groups in total. The summed E-state index contributed by atoms with van der Waals surface area (Å²) < 4.78 is 5.73. The Balaban J connectivity index is 1.96. The second-order valence-electron chi connectivity index (χ2n) is 5.44. The lowest BCUT2D eigenvalue weighted by molar-refractivity contribution is 0.305. The van der Waals surface area contributed by atoms with Gasteiger partial charge in [-0.3, -0.25) is 0 Å². The zero-order valence-electron chi connectivity index (χ0n) is 13.7. The van der Waals surface area contributed by atoms with Crippen LogP contribution in [-0.4, -0.2) is 11.6 Å². The summed E-state index contributed by atoms with van der Waals surface area (Å²) in [5.41, 5.74) is 2.52. The molecule has 0 fully saturated rings. The molecule has 0 aliphatic heterocycles. The van der Waals surface area contributed by atoms with E-state index in [0.29, 0.717) is 5.57 Å². The topological polar surface area (TPSA) is 45.9 Å². The zero-order valence-corrected chi connectivity index (χ0v) is 14.5. The molecule has 0 aliphatic carbocycles. The number of ether oxygens (including phenoxy) is 1. The van der Waals surface area contributed by atoms with Crippen LogP contribution in [-0.2, 0) is 0 Å². The smallest absolute Gasteiger partial charge is 0.134 e. The van der Waals surface area contributed by atoms with E-state index in [0.717, 1.165) is 35.0 Å². The third kappa shape index (κ3) is 5.54. The van der Waals surface area contributed by atoms with Crippen molar-refractivity contribution in [1.29, 1.82) is 5.26 Å². The van der Waals surface area contributed by atoms with Crippen LogP contribution in [0.25, 0.3) is 11.6 Å². The largest absolute Gasteiger partial charge is 0.494 e. The van der Waals surface area contributed by atoms with Gasteiger partial charge in [-0.1, -0.05) is 38.3 Å². The zero-order chi connectivity index (χ0) is 16.5. The van der Waals surface area contributed by atoms with Crippen LogP contribution in [0.2, 0.25) is 0 Å². The maximum absolute atomic E-state index is 9.32. The minimum Gasteiger partial charge on any atom is -0.494 e. The Morgan fingerprint density at radius 3 is 2.65 bits per heavy atom. The molecular formula is C19H22N2OS. The molecule has 0 amide bonds. The van der Waals surface area contributed by atoms with E-state index in [1.807, 2.05) is 42.6 Å². The van der Waals surface area contributed by atoms with Gasteiger partial charge >= 0.3 is 0 Å². The molecule has 2 rings (SSSR count). The summed E-state index contributed by atoms with van der Waals surface area (Å²) in [5, 5.41) is 12.0. The van der Waals surface area contributed by atoms with E-state index < -0.39 is 0 Å². The van der Waals surface area contributed by atoms with Gasteiger partial charge in [0.25, 0.3) is 0 Å². The molecule has 1 aromatic heterocycles. The van der Waals surface area contributed by atoms with E-state index in [1.54, 1.807) is 0 Å². The molecule has 2 aromatic rings. The van der Waals surface area contributed by atoms with E-state index in [1.165, 1.54) is 30.6 Å². The number of aryl methyl sites for hydroxylation is 1. The summed E-state index contributed by atoms with van der Waals surface area (Å²) in [6.07, 6.45) is 6.68. The first-order valence-corrected chi connectivity index (χ1v) is 8.88. The molecule has 1 heterocycles. The average molecular weight is 326 g/mol. The fourth-order valence-corrected chi connectivity index (χ4v) is 2.93. The predicted molar refractivity (Wildman–Crippen MR) is 96.4 cm³/mol. The second-order valence-corrected chi connectivity index (χ2v) is 6.30. The molecular weight excluding hydrogens is 304 g/mol. The van der Waals surface area contributed by atoms with Crippen LogP contribution >= 0.6 is 11.3 Å². The highest BCUT2D eigenvalue weighted by Gasteiger charge is 2.05. The van der Waals surface area contributed by atoms with Gasteiger partial charge < -0.3 is 4.74 Å². The molecule has 3 nitrogen and oxygen atoms in total. The van der Waals surface area contributed by atoms with Crippen LogP contribution in [0.4, 0.5) is 0 Å². The molecule has 0 aliphatic rings. The van der Waals surface area contributed by atoms with Crippen molar-refractivity contribution in [1.82, 2.24) is 4.98 Å². The van der Waals surface area contributed by atoms with Gasteiger partial charge in [0.05, 0.1) is 12.2 Å². The number of nitriles is 1. The summed E-state index contributed by atoms with van der Waals surface area (Å²) in [5.74, 6) is 0.877. The third-order valence-electron chi connectivity index (χ3n) is 3.43. The number of rotatable bonds is 8. The molecule has 0 bridgehead atoms. The van der Waals surface area contributed by atoms with Crippen LogP contribution in [0.3, 0.4) is 0 Å². The van der Waals surface area contributed by atoms with Crippen LogP contribution < -0.4 is 4.74 Å². The van der Waals surface area contributed by atoms with Crippen molar-refractivity contribution >= 4 is 23.0 Å². The minimum absolute atomic E-state index is 0.594. The summed E-state index contributed by atoms with van der Waals surface area (Å²) >= 11 is 1.50. The maximum atomic E-state index is 9.32. The molecule has 4 heteroatoms. The van der Waals surface area contributed by atoms with Crippen LogP contribution in [0.1, 0.15) is 48.9 Å². The molecule has 1 aromatic carbocycles. The van der Waals surface area contributed by atoms with Crippen molar-refractivity contribution in [2.75, 3.05) is 6.61 Å². The number of unbranched alkanes of at least 4 members (excludes halogenated alkanes) is 3. The first-order valence-electron chi connectivity index (χ1n) is 8.00. The summed E-state index contributed by atoms with van der Waals surface area (Å²) in [6, 6.07) is 10.1. The average Bonchev–Trinajstić information content (AvgIpc) is 3.00. The maximum Gasteiger partial charge on any atom is 0.134 e. The van der Waals surface area contributed by atoms with Gasteiger partial charge in [-0.15, -0.1) is 11.3 Å². The summed E-state index contributed by atoms with van der Waals surface area (Å²) in [4.78, 5) is 4.36. The second kappa shape index (κ2) is 9.12. The van der Waals surface area contributed by atoms with Crippen molar-refractivity contribution in [3.05, 3.63) is 45.9 Å². The Kier molecular flexibility index (Phi) is 6.83. The normalized spacial score (nSPS) is 11.3. The Morgan fingerprint density at radius 2 is 2.04 bits per heavy atom. The van der Waals surface area contributed by atoms with Gasteiger partial charge in [-0.25, -0.2) is 4.98 Å². The number of thiazole rings is 1. The predicted octanol–water partition coefficient (Wildman–Crippen LogP) is 5.47. The number of hydrogen-bond donors (Lipinski definition) is 0. The van der Waals surface area contributed by atoms with Gasteiger partial charge in [0.2, 0.25) is 0 Å². The van der Waals surface area contributed by atoms with Gasteiger partial charge in [0.1, 0.15) is 16.8 Å². The fraction of sp³-hybridized carbons (Fsp3) is 0.368. The van der Waals surface area contributed by atoms with Crippen molar-refractivity contribution in [2.24, 2.45) is 0 Å². The van der Waals surface area contributed by atoms with E-state index >= 15 is 0 Å². The van der Waals surface area contributed by atoms with Crippen molar-refractivity contribution < 1.29 is 4.74 Å². The Bertz CT molecular complexity index is 680. The highest BCUT2D eigenvalue weighted by atomic mass is 32.1. The molecule has 120 valence electrons. The van der Waals surface area contributed by atoms with Gasteiger partial charge in [0.15, 0.2) is 0 Å². The lowest BCUT2D eigenvalue weighted by atomic mass is 10.1. The van der Waals surface area contributed by atoms with E-state index in [-0.39, 0.29) is 0 Å². The van der Waals surface area contributed by atoms with Crippen LogP contribution in [0.5, 0.6) is 5.75 Å². The molecule has 0 spiro atoms. The molecule has 23 heavy (non-hydrogen) atoms. The van der Waals surface area contributed by atoms with Crippen LogP contribution in [0.15, 0.2) is 29.6 Å². The number of nitrogens with zero attached hydrogens (tertiary/aromatic N) is 2. The number of allylic oxidation sites excluding steroid dienone is 1. The SMILES string of the molecule is CCCCCCOc1ccc(/C=C(/C#N)c2nc(C)cs2)cc1. The quantitative estimate of drug-likeness (QED) is 0.477. The fourth-order valence-electron chi connectivity index (χ4n) is 2.17.